The summed E-state index contributed by atoms with van der Waals surface area (Å²) < 4.78 is 13.9. The lowest BCUT2D eigenvalue weighted by Crippen LogP contribution is -2.45. The number of hydrogen-bond donors (Lipinski definition) is 3. The van der Waals surface area contributed by atoms with Crippen LogP contribution in [0.25, 0.3) is 0 Å². The first-order chi connectivity index (χ1) is 13.7. The zero-order chi connectivity index (χ0) is 19.8. The van der Waals surface area contributed by atoms with Crippen LogP contribution in [0.1, 0.15) is 22.5 Å². The monoisotopic (exact) mass is 532 g/mol. The largest absolute Gasteiger partial charge is 0.356 e. The first kappa shape index (κ1) is 23.3. The summed E-state index contributed by atoms with van der Waals surface area (Å²) in [5, 5.41) is 11.4. The molecule has 1 unspecified atom stereocenters. The molecule has 1 aliphatic heterocycles. The van der Waals surface area contributed by atoms with Crippen LogP contribution in [0.2, 0.25) is 0 Å². The number of hydrogen-bond acceptors (Lipinski definition) is 5. The molecular formula is C19H26FIN6OS. The Balaban J connectivity index is 0.00000300. The molecule has 0 aliphatic carbocycles. The molecule has 3 rings (SSSR count). The molecule has 0 aromatic carbocycles. The molecule has 0 saturated carbocycles. The molecule has 1 fully saturated rings. The van der Waals surface area contributed by atoms with Crippen LogP contribution in [0.5, 0.6) is 0 Å². The van der Waals surface area contributed by atoms with Gasteiger partial charge in [0.2, 0.25) is 0 Å². The van der Waals surface area contributed by atoms with Crippen molar-refractivity contribution in [2.75, 3.05) is 38.1 Å². The molecule has 2 aromatic heterocycles. The van der Waals surface area contributed by atoms with E-state index in [9.17, 15) is 9.18 Å². The Morgan fingerprint density at radius 3 is 2.90 bits per heavy atom. The Morgan fingerprint density at radius 1 is 1.34 bits per heavy atom. The molecule has 29 heavy (non-hydrogen) atoms. The summed E-state index contributed by atoms with van der Waals surface area (Å²) in [6.07, 6.45) is 3.28. The SMILES string of the molecule is CN=C(NCCCNC(=O)c1cccs1)NC1CCN(c2ncccc2F)C1.I. The van der Waals surface area contributed by atoms with Crippen LogP contribution < -0.4 is 20.9 Å². The van der Waals surface area contributed by atoms with Crippen LogP contribution in [0.4, 0.5) is 10.2 Å². The van der Waals surface area contributed by atoms with Crippen molar-refractivity contribution in [2.45, 2.75) is 18.9 Å². The predicted octanol–water partition coefficient (Wildman–Crippen LogP) is 2.46. The highest BCUT2D eigenvalue weighted by molar-refractivity contribution is 14.0. The number of halogens is 2. The van der Waals surface area contributed by atoms with Gasteiger partial charge in [-0.05, 0) is 36.4 Å². The van der Waals surface area contributed by atoms with Crippen LogP contribution >= 0.6 is 35.3 Å². The van der Waals surface area contributed by atoms with E-state index in [-0.39, 0.29) is 41.7 Å². The maximum atomic E-state index is 13.9. The van der Waals surface area contributed by atoms with Gasteiger partial charge in [0, 0.05) is 45.5 Å². The quantitative estimate of drug-likeness (QED) is 0.221. The molecule has 1 saturated heterocycles. The zero-order valence-corrected chi connectivity index (χ0v) is 19.4. The summed E-state index contributed by atoms with van der Waals surface area (Å²) >= 11 is 1.43. The number of aromatic nitrogens is 1. The summed E-state index contributed by atoms with van der Waals surface area (Å²) in [6, 6.07) is 6.88. The average Bonchev–Trinajstić information content (AvgIpc) is 3.39. The lowest BCUT2D eigenvalue weighted by molar-refractivity contribution is 0.0957. The maximum absolute atomic E-state index is 13.9. The third-order valence-electron chi connectivity index (χ3n) is 4.47. The minimum Gasteiger partial charge on any atom is -0.356 e. The topological polar surface area (TPSA) is 81.6 Å². The van der Waals surface area contributed by atoms with Gasteiger partial charge < -0.3 is 20.9 Å². The molecule has 1 amide bonds. The predicted molar refractivity (Wildman–Crippen MR) is 126 cm³/mol. The van der Waals surface area contributed by atoms with Crippen molar-refractivity contribution in [3.05, 3.63) is 46.5 Å². The number of carbonyl (C=O) groups is 1. The van der Waals surface area contributed by atoms with Crippen molar-refractivity contribution in [1.82, 2.24) is 20.9 Å². The molecule has 0 bridgehead atoms. The van der Waals surface area contributed by atoms with Crippen molar-refractivity contribution in [1.29, 1.82) is 0 Å². The Labute approximate surface area is 191 Å². The molecular weight excluding hydrogens is 506 g/mol. The van der Waals surface area contributed by atoms with E-state index in [4.69, 9.17) is 0 Å². The lowest BCUT2D eigenvalue weighted by atomic mass is 10.3. The smallest absolute Gasteiger partial charge is 0.261 e. The summed E-state index contributed by atoms with van der Waals surface area (Å²) in [6.45, 7) is 2.70. The van der Waals surface area contributed by atoms with Gasteiger partial charge in [-0.25, -0.2) is 9.37 Å². The Hall–Kier alpha value is -1.95. The molecule has 0 radical (unpaired) electrons. The molecule has 0 spiro atoms. The number of guanidine groups is 1. The number of thiophene rings is 1. The molecule has 7 nitrogen and oxygen atoms in total. The van der Waals surface area contributed by atoms with E-state index in [0.29, 0.717) is 31.4 Å². The second-order valence-corrected chi connectivity index (χ2v) is 7.42. The standard InChI is InChI=1S/C19H25FN6OS.HI/c1-21-19(24-10-4-9-23-18(27)16-6-3-12-28-16)25-14-7-11-26(13-14)17-15(20)5-2-8-22-17;/h2-3,5-6,8,12,14H,4,7,9-11,13H2,1H3,(H,23,27)(H2,21,24,25);1H. The number of pyridine rings is 1. The fourth-order valence-corrected chi connectivity index (χ4v) is 3.70. The second-order valence-electron chi connectivity index (χ2n) is 6.47. The van der Waals surface area contributed by atoms with E-state index in [0.717, 1.165) is 24.3 Å². The minimum atomic E-state index is -0.296. The third-order valence-corrected chi connectivity index (χ3v) is 5.34. The van der Waals surface area contributed by atoms with Gasteiger partial charge in [-0.1, -0.05) is 6.07 Å². The molecule has 1 aliphatic rings. The number of carbonyl (C=O) groups excluding carboxylic acids is 1. The van der Waals surface area contributed by atoms with Gasteiger partial charge in [0.25, 0.3) is 5.91 Å². The van der Waals surface area contributed by atoms with E-state index in [1.807, 2.05) is 22.4 Å². The fourth-order valence-electron chi connectivity index (χ4n) is 3.06. The molecule has 2 aromatic rings. The van der Waals surface area contributed by atoms with E-state index < -0.39 is 0 Å². The highest BCUT2D eigenvalue weighted by Gasteiger charge is 2.25. The fraction of sp³-hybridized carbons (Fsp3) is 0.421. The highest BCUT2D eigenvalue weighted by atomic mass is 127. The number of aliphatic imine (C=N–C) groups is 1. The van der Waals surface area contributed by atoms with Gasteiger partial charge >= 0.3 is 0 Å². The Morgan fingerprint density at radius 2 is 2.17 bits per heavy atom. The van der Waals surface area contributed by atoms with Gasteiger partial charge in [-0.15, -0.1) is 35.3 Å². The number of amides is 1. The number of nitrogens with zero attached hydrogens (tertiary/aromatic N) is 3. The number of rotatable bonds is 7. The van der Waals surface area contributed by atoms with Crippen molar-refractivity contribution in [3.8, 4) is 0 Å². The molecule has 158 valence electrons. The van der Waals surface area contributed by atoms with Crippen molar-refractivity contribution < 1.29 is 9.18 Å². The Kier molecular flexibility index (Phi) is 9.58. The van der Waals surface area contributed by atoms with Gasteiger partial charge in [-0.3, -0.25) is 9.79 Å². The molecule has 3 N–H and O–H groups in total. The van der Waals surface area contributed by atoms with E-state index in [2.05, 4.69) is 25.9 Å². The number of nitrogens with one attached hydrogen (secondary N) is 3. The third kappa shape index (κ3) is 6.81. The zero-order valence-electron chi connectivity index (χ0n) is 16.2. The lowest BCUT2D eigenvalue weighted by Gasteiger charge is -2.20. The van der Waals surface area contributed by atoms with E-state index in [1.165, 1.54) is 17.4 Å². The van der Waals surface area contributed by atoms with E-state index in [1.54, 1.807) is 19.3 Å². The molecule has 3 heterocycles. The first-order valence-electron chi connectivity index (χ1n) is 9.31. The normalized spacial score (nSPS) is 16.3. The van der Waals surface area contributed by atoms with Gasteiger partial charge in [0.15, 0.2) is 17.6 Å². The van der Waals surface area contributed by atoms with Crippen molar-refractivity contribution in [3.63, 3.8) is 0 Å². The Bertz CT molecular complexity index is 804. The van der Waals surface area contributed by atoms with Crippen LogP contribution in [0.15, 0.2) is 40.8 Å². The summed E-state index contributed by atoms with van der Waals surface area (Å²) in [7, 11) is 1.72. The van der Waals surface area contributed by atoms with Crippen LogP contribution in [-0.4, -0.2) is 56.1 Å². The highest BCUT2D eigenvalue weighted by Crippen LogP contribution is 2.20. The second kappa shape index (κ2) is 11.9. The maximum Gasteiger partial charge on any atom is 0.261 e. The summed E-state index contributed by atoms with van der Waals surface area (Å²) in [4.78, 5) is 22.9. The minimum absolute atomic E-state index is 0. The van der Waals surface area contributed by atoms with Crippen LogP contribution in [0.3, 0.4) is 0 Å². The molecule has 10 heteroatoms. The number of anilines is 1. The first-order valence-corrected chi connectivity index (χ1v) is 10.2. The van der Waals surface area contributed by atoms with Crippen molar-refractivity contribution in [2.24, 2.45) is 4.99 Å². The van der Waals surface area contributed by atoms with Crippen LogP contribution in [0, 0.1) is 5.82 Å². The van der Waals surface area contributed by atoms with Gasteiger partial charge in [0.1, 0.15) is 0 Å². The van der Waals surface area contributed by atoms with Gasteiger partial charge in [0.05, 0.1) is 4.88 Å². The van der Waals surface area contributed by atoms with Gasteiger partial charge in [-0.2, -0.15) is 0 Å². The van der Waals surface area contributed by atoms with E-state index >= 15 is 0 Å². The summed E-state index contributed by atoms with van der Waals surface area (Å²) in [5.41, 5.74) is 0. The summed E-state index contributed by atoms with van der Waals surface area (Å²) in [5.74, 6) is 0.773. The van der Waals surface area contributed by atoms with Crippen molar-refractivity contribution >= 4 is 53.0 Å². The van der Waals surface area contributed by atoms with Crippen LogP contribution in [-0.2, 0) is 0 Å². The average molecular weight is 532 g/mol. The molecule has 1 atom stereocenters.